The summed E-state index contributed by atoms with van der Waals surface area (Å²) < 4.78 is 5.84. The summed E-state index contributed by atoms with van der Waals surface area (Å²) in [5.41, 5.74) is 0.936. The number of hydrogen-bond acceptors (Lipinski definition) is 4. The molecule has 0 aliphatic rings. The van der Waals surface area contributed by atoms with E-state index in [-0.39, 0.29) is 23.6 Å². The third-order valence-corrected chi connectivity index (χ3v) is 3.50. The minimum atomic E-state index is -0.560. The van der Waals surface area contributed by atoms with Crippen molar-refractivity contribution in [1.82, 2.24) is 0 Å². The number of ether oxygens (including phenoxy) is 1. The summed E-state index contributed by atoms with van der Waals surface area (Å²) in [6, 6.07) is 11.6. The van der Waals surface area contributed by atoms with Crippen molar-refractivity contribution in [3.63, 3.8) is 0 Å². The maximum Gasteiger partial charge on any atom is 0.311 e. The zero-order valence-electron chi connectivity index (χ0n) is 11.2. The van der Waals surface area contributed by atoms with Crippen LogP contribution in [0.3, 0.4) is 0 Å². The lowest BCUT2D eigenvalue weighted by atomic mass is 10.0. The smallest absolute Gasteiger partial charge is 0.311 e. The molecule has 0 fully saturated rings. The number of Topliss-reactive ketones (excluding diaryl/α,β-unsaturated/α-hetero) is 1. The SMILES string of the molecule is COc1ccc(C(=O)Cc2ccc(Br)cc2)cc1[N+](=O)[O-]. The standard InChI is InChI=1S/C15H12BrNO4/c1-21-15-7-4-11(9-13(15)17(19)20)14(18)8-10-2-5-12(16)6-3-10/h2-7,9H,8H2,1H3. The summed E-state index contributed by atoms with van der Waals surface area (Å²) in [6.07, 6.45) is 0.191. The van der Waals surface area contributed by atoms with Crippen molar-refractivity contribution in [1.29, 1.82) is 0 Å². The molecule has 0 aliphatic heterocycles. The first-order valence-corrected chi connectivity index (χ1v) is 6.90. The van der Waals surface area contributed by atoms with Crippen molar-refractivity contribution in [2.24, 2.45) is 0 Å². The number of methoxy groups -OCH3 is 1. The monoisotopic (exact) mass is 349 g/mol. The predicted octanol–water partition coefficient (Wildman–Crippen LogP) is 3.79. The molecule has 0 saturated carbocycles. The first-order chi connectivity index (χ1) is 10.0. The molecule has 0 saturated heterocycles. The second-order valence-electron chi connectivity index (χ2n) is 4.37. The predicted molar refractivity (Wildman–Crippen MR) is 81.8 cm³/mol. The van der Waals surface area contributed by atoms with Gasteiger partial charge in [0.1, 0.15) is 0 Å². The number of carbonyl (C=O) groups is 1. The number of nitro benzene ring substituents is 1. The number of nitro groups is 1. The van der Waals surface area contributed by atoms with Gasteiger partial charge in [0.05, 0.1) is 12.0 Å². The Morgan fingerprint density at radius 3 is 2.48 bits per heavy atom. The first-order valence-electron chi connectivity index (χ1n) is 6.11. The van der Waals surface area contributed by atoms with Gasteiger partial charge in [-0.2, -0.15) is 0 Å². The van der Waals surface area contributed by atoms with Gasteiger partial charge in [0.25, 0.3) is 0 Å². The van der Waals surface area contributed by atoms with Crippen LogP contribution in [0.5, 0.6) is 5.75 Å². The van der Waals surface area contributed by atoms with E-state index < -0.39 is 4.92 Å². The second-order valence-corrected chi connectivity index (χ2v) is 5.29. The zero-order chi connectivity index (χ0) is 15.4. The van der Waals surface area contributed by atoms with E-state index in [1.54, 1.807) is 0 Å². The topological polar surface area (TPSA) is 69.4 Å². The molecular weight excluding hydrogens is 338 g/mol. The van der Waals surface area contributed by atoms with E-state index in [9.17, 15) is 14.9 Å². The van der Waals surface area contributed by atoms with Crippen LogP contribution in [0, 0.1) is 10.1 Å². The normalized spacial score (nSPS) is 10.2. The molecule has 0 unspecified atom stereocenters. The van der Waals surface area contributed by atoms with Crippen LogP contribution in [0.1, 0.15) is 15.9 Å². The third kappa shape index (κ3) is 3.66. The summed E-state index contributed by atoms with van der Waals surface area (Å²) in [6.45, 7) is 0. The van der Waals surface area contributed by atoms with Crippen molar-refractivity contribution >= 4 is 27.4 Å². The number of halogens is 1. The summed E-state index contributed by atoms with van der Waals surface area (Å²) in [4.78, 5) is 22.6. The first kappa shape index (κ1) is 15.2. The quantitative estimate of drug-likeness (QED) is 0.467. The molecule has 21 heavy (non-hydrogen) atoms. The second kappa shape index (κ2) is 6.49. The average Bonchev–Trinajstić information content (AvgIpc) is 2.48. The number of benzene rings is 2. The van der Waals surface area contributed by atoms with Crippen LogP contribution in [0.25, 0.3) is 0 Å². The Kier molecular flexibility index (Phi) is 4.70. The van der Waals surface area contributed by atoms with Crippen molar-refractivity contribution in [3.05, 3.63) is 68.2 Å². The Morgan fingerprint density at radius 1 is 1.24 bits per heavy atom. The highest BCUT2D eigenvalue weighted by molar-refractivity contribution is 9.10. The molecule has 0 heterocycles. The molecular formula is C15H12BrNO4. The van der Waals surface area contributed by atoms with Gasteiger partial charge < -0.3 is 4.74 Å². The maximum atomic E-state index is 12.2. The fraction of sp³-hybridized carbons (Fsp3) is 0.133. The minimum absolute atomic E-state index is 0.139. The van der Waals surface area contributed by atoms with Crippen molar-refractivity contribution in [3.8, 4) is 5.75 Å². The van der Waals surface area contributed by atoms with Crippen LogP contribution >= 0.6 is 15.9 Å². The molecule has 0 radical (unpaired) electrons. The Labute approximate surface area is 129 Å². The van der Waals surface area contributed by atoms with E-state index in [2.05, 4.69) is 15.9 Å². The van der Waals surface area contributed by atoms with Gasteiger partial charge in [0.15, 0.2) is 11.5 Å². The van der Waals surface area contributed by atoms with E-state index in [1.807, 2.05) is 24.3 Å². The van der Waals surface area contributed by atoms with Crippen LogP contribution in [-0.2, 0) is 6.42 Å². The fourth-order valence-electron chi connectivity index (χ4n) is 1.90. The van der Waals surface area contributed by atoms with Crippen LogP contribution in [-0.4, -0.2) is 17.8 Å². The molecule has 2 rings (SSSR count). The number of rotatable bonds is 5. The van der Waals surface area contributed by atoms with Crippen LogP contribution in [0.15, 0.2) is 46.9 Å². The van der Waals surface area contributed by atoms with Gasteiger partial charge in [-0.05, 0) is 29.8 Å². The van der Waals surface area contributed by atoms with E-state index in [1.165, 1.54) is 25.3 Å². The Balaban J connectivity index is 2.25. The molecule has 0 atom stereocenters. The molecule has 108 valence electrons. The van der Waals surface area contributed by atoms with Gasteiger partial charge in [-0.25, -0.2) is 0 Å². The molecule has 0 bridgehead atoms. The summed E-state index contributed by atoms with van der Waals surface area (Å²) in [5, 5.41) is 11.0. The highest BCUT2D eigenvalue weighted by Gasteiger charge is 2.18. The fourth-order valence-corrected chi connectivity index (χ4v) is 2.16. The molecule has 0 amide bonds. The summed E-state index contributed by atoms with van der Waals surface area (Å²) in [5.74, 6) is -0.0386. The van der Waals surface area contributed by atoms with E-state index >= 15 is 0 Å². The number of nitrogens with zero attached hydrogens (tertiary/aromatic N) is 1. The molecule has 0 aromatic heterocycles. The van der Waals surface area contributed by atoms with Gasteiger partial charge in [0.2, 0.25) is 0 Å². The van der Waals surface area contributed by atoms with E-state index in [0.29, 0.717) is 5.56 Å². The lowest BCUT2D eigenvalue weighted by molar-refractivity contribution is -0.385. The Morgan fingerprint density at radius 2 is 1.90 bits per heavy atom. The molecule has 2 aromatic rings. The molecule has 0 N–H and O–H groups in total. The molecule has 6 heteroatoms. The number of ketones is 1. The van der Waals surface area contributed by atoms with Crippen LogP contribution in [0.2, 0.25) is 0 Å². The molecule has 0 spiro atoms. The minimum Gasteiger partial charge on any atom is -0.490 e. The van der Waals surface area contributed by atoms with Gasteiger partial charge in [0, 0.05) is 22.5 Å². The Bertz CT molecular complexity index is 683. The average molecular weight is 350 g/mol. The van der Waals surface area contributed by atoms with E-state index in [0.717, 1.165) is 10.0 Å². The van der Waals surface area contributed by atoms with Crippen molar-refractivity contribution in [2.45, 2.75) is 6.42 Å². The van der Waals surface area contributed by atoms with Gasteiger partial charge >= 0.3 is 5.69 Å². The maximum absolute atomic E-state index is 12.2. The summed E-state index contributed by atoms with van der Waals surface area (Å²) >= 11 is 3.32. The van der Waals surface area contributed by atoms with Crippen LogP contribution in [0.4, 0.5) is 5.69 Å². The highest BCUT2D eigenvalue weighted by Crippen LogP contribution is 2.28. The summed E-state index contributed by atoms with van der Waals surface area (Å²) in [7, 11) is 1.35. The third-order valence-electron chi connectivity index (χ3n) is 2.98. The van der Waals surface area contributed by atoms with Crippen molar-refractivity contribution in [2.75, 3.05) is 7.11 Å². The van der Waals surface area contributed by atoms with Gasteiger partial charge in [-0.1, -0.05) is 28.1 Å². The van der Waals surface area contributed by atoms with E-state index in [4.69, 9.17) is 4.74 Å². The van der Waals surface area contributed by atoms with Gasteiger partial charge in [-0.15, -0.1) is 0 Å². The molecule has 2 aromatic carbocycles. The number of carbonyl (C=O) groups excluding carboxylic acids is 1. The zero-order valence-corrected chi connectivity index (χ0v) is 12.8. The number of hydrogen-bond donors (Lipinski definition) is 0. The Hall–Kier alpha value is -2.21. The van der Waals surface area contributed by atoms with Crippen LogP contribution < -0.4 is 4.74 Å². The molecule has 5 nitrogen and oxygen atoms in total. The van der Waals surface area contributed by atoms with Gasteiger partial charge in [-0.3, -0.25) is 14.9 Å². The molecule has 0 aliphatic carbocycles. The van der Waals surface area contributed by atoms with Crippen molar-refractivity contribution < 1.29 is 14.5 Å². The highest BCUT2D eigenvalue weighted by atomic mass is 79.9. The largest absolute Gasteiger partial charge is 0.490 e. The lowest BCUT2D eigenvalue weighted by Gasteiger charge is -2.05. The lowest BCUT2D eigenvalue weighted by Crippen LogP contribution is -2.05.